The smallest absolute Gasteiger partial charge is 0.480 e. The Hall–Kier alpha value is -8.26. The first-order chi connectivity index (χ1) is 62.4. The summed E-state index contributed by atoms with van der Waals surface area (Å²) in [6, 6.07) is -13.0. The number of primary amides is 1. The summed E-state index contributed by atoms with van der Waals surface area (Å²) < 4.78 is 66.5. The van der Waals surface area contributed by atoms with Gasteiger partial charge in [0.1, 0.15) is 91.1 Å². The fourth-order valence-electron chi connectivity index (χ4n) is 14.2. The highest BCUT2D eigenvalue weighted by molar-refractivity contribution is 7.61. The molecule has 0 spiro atoms. The number of carboxylic acids is 2. The molecule has 2 heterocycles. The summed E-state index contributed by atoms with van der Waals surface area (Å²) in [5.41, 5.74) is 25.8. The third kappa shape index (κ3) is 51.5. The van der Waals surface area contributed by atoms with Crippen molar-refractivity contribution in [2.45, 2.75) is 389 Å². The van der Waals surface area contributed by atoms with Crippen LogP contribution in [0.15, 0.2) is 128 Å². The molecule has 0 bridgehead atoms. The number of phosphoric ester groups is 2. The maximum Gasteiger partial charge on any atom is 0.483 e. The standard InChI is InChI=1S/C95H157N9O27P2/c1-58(2)30-19-31-59(3)32-20-33-60(4)34-21-35-61(5)36-22-37-62(6)38-23-39-63(7)40-24-41-64(8)42-25-43-65(9)44-26-45-66(10)46-27-47-67(11)48-28-49-68(12)54-55-125-132(121,122)131-133(123,124)130-95-82(102-74(18)108)86(85(79(57-106)128-95)129-94-81(101-73(17)107)84(111)83(110)78(56-105)127-94)126-72(16)89(114)98-70(14)88(113)103-77(52-53-80(97)109)91(116)104-76(51-29-50-75(96)93(119)120)90(115)99-69(13)87(112)100-71(15)92(117)118/h30,32,34,36,38,40,42,44,46,48,54,69-72,75-79,81-86,94-95,105-106,110-111H,19-29,31,33,35,37,39,41,43,45,47,49-53,55-57,96H2,1-18H3,(H2,97,109)(H,98,114)(H,99,115)(H,100,112)(H,101,107)(H,102,108)(H,103,113)(H,104,116)(H,117,118)(H,119,120)(H,121,122)(H,123,124)/b59-32+,60-34+,61-36+,62-38+,63-40+,64-42+,65-44+,66-46+,67-48+,68-54+/t69-,70+,71-,72?,75+,76-,77-,78-,79-,81-,82-,83-,84-,85-,86-,94+,95?/m1/s1. The Kier molecular flexibility index (Phi) is 58.1. The van der Waals surface area contributed by atoms with Crippen LogP contribution in [-0.2, 0) is 89.4 Å². The Balaban J connectivity index is 2.15. The maximum absolute atomic E-state index is 14.3. The Morgan fingerprint density at radius 3 is 1.14 bits per heavy atom. The van der Waals surface area contributed by atoms with Crippen molar-refractivity contribution in [2.75, 3.05) is 19.8 Å². The first-order valence-corrected chi connectivity index (χ1v) is 49.0. The Bertz CT molecular complexity index is 4220. The van der Waals surface area contributed by atoms with E-state index >= 15 is 0 Å². The number of carbonyl (C=O) groups is 10. The Morgan fingerprint density at radius 1 is 0.406 bits per heavy atom. The van der Waals surface area contributed by atoms with E-state index in [-0.39, 0.29) is 19.3 Å². The SMILES string of the molecule is CC(=O)N[C@H]1[C@H](O[C@H]2[C@H](OC(C)C(=O)N[C@@H](C)C(=O)N[C@H](CCC(N)=O)C(=O)N[C@H](CCC[C@H](N)C(=O)O)C(=O)N[C@H](C)C(=O)N[C@H](C)C(=O)O)[C@@H](NC(C)=O)C(OP(=O)(O)OP(=O)(O)OC/C=C(\C)CC/C=C(\C)CC/C=C(\C)CC/C=C(\C)CC/C=C(\C)CC/C=C(\C)CC/C=C(\C)CC/C=C(\C)CC/C=C(\C)CC/C=C(\C)CCC=C(C)C)O[C@@H]2CO)O[C@H](CO)[C@@H](O)[C@@H]1O. The van der Waals surface area contributed by atoms with Crippen LogP contribution in [0.3, 0.4) is 0 Å². The number of aliphatic hydroxyl groups is 4. The molecule has 8 amide bonds. The predicted octanol–water partition coefficient (Wildman–Crippen LogP) is 11.2. The molecule has 38 heteroatoms. The topological polar surface area (TPSA) is 568 Å². The maximum atomic E-state index is 14.3. The molecular weight excluding hydrogens is 1760 g/mol. The van der Waals surface area contributed by atoms with Gasteiger partial charge in [-0.1, -0.05) is 128 Å². The first kappa shape index (κ1) is 121. The van der Waals surface area contributed by atoms with Gasteiger partial charge < -0.3 is 108 Å². The lowest BCUT2D eigenvalue weighted by molar-refractivity contribution is -0.331. The largest absolute Gasteiger partial charge is 0.483 e. The predicted molar refractivity (Wildman–Crippen MR) is 507 cm³/mol. The average molecular weight is 1920 g/mol. The minimum Gasteiger partial charge on any atom is -0.480 e. The van der Waals surface area contributed by atoms with Gasteiger partial charge in [0.2, 0.25) is 47.3 Å². The van der Waals surface area contributed by atoms with Gasteiger partial charge in [0.25, 0.3) is 0 Å². The number of hydrogen-bond acceptors (Lipinski definition) is 24. The molecule has 0 aromatic rings. The lowest BCUT2D eigenvalue weighted by Gasteiger charge is -2.49. The van der Waals surface area contributed by atoms with Crippen molar-refractivity contribution in [2.24, 2.45) is 11.5 Å². The van der Waals surface area contributed by atoms with Crippen molar-refractivity contribution in [3.05, 3.63) is 128 Å². The van der Waals surface area contributed by atoms with Crippen LogP contribution in [0.1, 0.15) is 285 Å². The van der Waals surface area contributed by atoms with E-state index in [9.17, 15) is 97.5 Å². The average Bonchev–Trinajstić information content (AvgIpc) is 0.764. The molecular formula is C95H157N9O27P2. The van der Waals surface area contributed by atoms with Gasteiger partial charge in [-0.3, -0.25) is 57.0 Å². The zero-order valence-electron chi connectivity index (χ0n) is 81.3. The van der Waals surface area contributed by atoms with Crippen LogP contribution in [0.25, 0.3) is 0 Å². The number of amides is 8. The molecule has 0 aromatic carbocycles. The van der Waals surface area contributed by atoms with E-state index in [0.717, 1.165) is 156 Å². The number of aliphatic carboxylic acids is 2. The third-order valence-corrected chi connectivity index (χ3v) is 25.1. The van der Waals surface area contributed by atoms with Gasteiger partial charge in [0.15, 0.2) is 12.6 Å². The van der Waals surface area contributed by atoms with E-state index in [1.807, 2.05) is 6.92 Å². The number of aliphatic hydroxyl groups excluding tert-OH is 4. The van der Waals surface area contributed by atoms with Crippen molar-refractivity contribution in [3.8, 4) is 0 Å². The first-order valence-electron chi connectivity index (χ1n) is 46.0. The summed E-state index contributed by atoms with van der Waals surface area (Å²) in [6.45, 7) is 29.6. The number of phosphoric acid groups is 2. The van der Waals surface area contributed by atoms with E-state index in [1.165, 1.54) is 63.2 Å². The molecule has 2 fully saturated rings. The highest BCUT2D eigenvalue weighted by Crippen LogP contribution is 2.61. The fraction of sp³-hybridized carbons (Fsp3) is 0.663. The van der Waals surface area contributed by atoms with E-state index in [4.69, 9.17) is 39.5 Å². The third-order valence-electron chi connectivity index (χ3n) is 22.5. The second kappa shape index (κ2) is 63.9. The van der Waals surface area contributed by atoms with Gasteiger partial charge in [-0.25, -0.2) is 9.13 Å². The summed E-state index contributed by atoms with van der Waals surface area (Å²) in [7, 11) is -11.6. The summed E-state index contributed by atoms with van der Waals surface area (Å²) in [5.74, 6) is -11.1. The molecule has 133 heavy (non-hydrogen) atoms. The summed E-state index contributed by atoms with van der Waals surface area (Å²) in [4.78, 5) is 152. The summed E-state index contributed by atoms with van der Waals surface area (Å²) in [5, 5.41) is 78.1. The van der Waals surface area contributed by atoms with E-state index in [1.54, 1.807) is 6.92 Å². The number of ether oxygens (including phenoxy) is 4. The van der Waals surface area contributed by atoms with E-state index < -0.39 is 211 Å². The Labute approximate surface area is 786 Å². The normalized spacial score (nSPS) is 22.4. The molecule has 0 radical (unpaired) electrons. The monoisotopic (exact) mass is 1920 g/mol. The molecule has 2 rings (SSSR count). The van der Waals surface area contributed by atoms with E-state index in [2.05, 4.69) is 172 Å². The minimum absolute atomic E-state index is 0.127. The lowest BCUT2D eigenvalue weighted by Crippen LogP contribution is -2.70. The van der Waals surface area contributed by atoms with Crippen LogP contribution >= 0.6 is 15.6 Å². The number of rotatable bonds is 64. The van der Waals surface area contributed by atoms with Crippen LogP contribution < -0.4 is 48.7 Å². The molecule has 754 valence electrons. The fourth-order valence-corrected chi connectivity index (χ4v) is 16.3. The van der Waals surface area contributed by atoms with Crippen LogP contribution in [0.2, 0.25) is 0 Å². The zero-order valence-corrected chi connectivity index (χ0v) is 83.1. The Morgan fingerprint density at radius 2 is 0.759 bits per heavy atom. The van der Waals surface area contributed by atoms with Gasteiger partial charge in [-0.05, 0) is 265 Å². The molecule has 0 aliphatic carbocycles. The molecule has 2 aliphatic heterocycles. The van der Waals surface area contributed by atoms with Crippen molar-refractivity contribution in [1.82, 2.24) is 37.2 Å². The summed E-state index contributed by atoms with van der Waals surface area (Å²) in [6.07, 6.45) is 25.3. The quantitative estimate of drug-likeness (QED) is 0.0199. The number of carboxylic acid groups (broad SMARTS) is 2. The molecule has 0 saturated carbocycles. The number of nitrogens with two attached hydrogens (primary N) is 2. The summed E-state index contributed by atoms with van der Waals surface area (Å²) >= 11 is 0. The number of carbonyl (C=O) groups excluding carboxylic acids is 8. The van der Waals surface area contributed by atoms with Gasteiger partial charge in [-0.15, -0.1) is 0 Å². The van der Waals surface area contributed by atoms with Gasteiger partial charge in [0.05, 0.1) is 19.8 Å². The van der Waals surface area contributed by atoms with Gasteiger partial charge in [-0.2, -0.15) is 4.31 Å². The second-order valence-electron chi connectivity index (χ2n) is 35.4. The molecule has 36 nitrogen and oxygen atoms in total. The van der Waals surface area contributed by atoms with Crippen LogP contribution in [0.4, 0.5) is 0 Å². The molecule has 4 unspecified atom stereocenters. The lowest BCUT2D eigenvalue weighted by atomic mass is 9.94. The van der Waals surface area contributed by atoms with Gasteiger partial charge >= 0.3 is 27.6 Å². The van der Waals surface area contributed by atoms with Crippen LogP contribution in [-0.4, -0.2) is 223 Å². The molecule has 19 atom stereocenters. The van der Waals surface area contributed by atoms with Gasteiger partial charge in [0, 0.05) is 20.3 Å². The van der Waals surface area contributed by atoms with Crippen molar-refractivity contribution in [3.63, 3.8) is 0 Å². The zero-order chi connectivity index (χ0) is 100. The number of hydrogen-bond donors (Lipinski definition) is 17. The van der Waals surface area contributed by atoms with Crippen LogP contribution in [0.5, 0.6) is 0 Å². The minimum atomic E-state index is -5.98. The number of allylic oxidation sites excluding steroid dienone is 21. The van der Waals surface area contributed by atoms with Crippen molar-refractivity contribution in [1.29, 1.82) is 0 Å². The molecule has 0 aromatic heterocycles. The van der Waals surface area contributed by atoms with E-state index in [0.29, 0.717) is 18.4 Å². The highest BCUT2D eigenvalue weighted by Gasteiger charge is 2.55. The second-order valence-corrected chi connectivity index (χ2v) is 38.3. The molecule has 2 saturated heterocycles. The molecule has 2 aliphatic rings. The van der Waals surface area contributed by atoms with Crippen molar-refractivity contribution < 1.29 is 130 Å². The highest BCUT2D eigenvalue weighted by atomic mass is 31.3. The number of nitrogens with one attached hydrogen (secondary N) is 7. The molecule has 19 N–H and O–H groups in total. The van der Waals surface area contributed by atoms with Crippen LogP contribution in [0, 0.1) is 0 Å². The van der Waals surface area contributed by atoms with Crippen molar-refractivity contribution >= 4 is 74.8 Å².